The zero-order valence-electron chi connectivity index (χ0n) is 26.6. The number of aromatic nitrogens is 2. The Bertz CT molecular complexity index is 3080. The number of imidazole rings is 1. The largest absolute Gasteiger partial charge is 0.306 e. The van der Waals surface area contributed by atoms with Crippen molar-refractivity contribution in [2.75, 3.05) is 0 Å². The Hall–Kier alpha value is -6.51. The zero-order valence-corrected chi connectivity index (χ0v) is 26.6. The van der Waals surface area contributed by atoms with Crippen LogP contribution in [0.2, 0.25) is 0 Å². The summed E-state index contributed by atoms with van der Waals surface area (Å²) >= 11 is 0. The van der Waals surface area contributed by atoms with E-state index in [1.165, 1.54) is 92.1 Å². The number of hydrogen-bond acceptors (Lipinski definition) is 1. The second-order valence-corrected chi connectivity index (χ2v) is 13.1. The monoisotopic (exact) mass is 620 g/mol. The van der Waals surface area contributed by atoms with Crippen molar-refractivity contribution in [1.82, 2.24) is 9.38 Å². The minimum absolute atomic E-state index is 0.947. The molecule has 0 saturated heterocycles. The molecule has 49 heavy (non-hydrogen) atoms. The molecule has 0 amide bonds. The van der Waals surface area contributed by atoms with Gasteiger partial charge in [0.05, 0.1) is 5.69 Å². The van der Waals surface area contributed by atoms with Gasteiger partial charge in [-0.2, -0.15) is 0 Å². The van der Waals surface area contributed by atoms with Gasteiger partial charge in [-0.3, -0.25) is 0 Å². The number of nitrogens with zero attached hydrogens (tertiary/aromatic N) is 2. The predicted octanol–water partition coefficient (Wildman–Crippen LogP) is 12.7. The number of fused-ring (bicyclic) bond motifs is 8. The SMILES string of the molecule is c1ccc2c(-c3cn4ccccc4n3)c3ccccc3c(-c3ccc4c(c3)c3ccccc3c3cccc5ccc6cccc4c6c53)c2c1. The van der Waals surface area contributed by atoms with E-state index in [0.29, 0.717) is 0 Å². The molecule has 0 aliphatic carbocycles. The lowest BCUT2D eigenvalue weighted by atomic mass is 9.86. The molecule has 2 nitrogen and oxygen atoms in total. The highest BCUT2D eigenvalue weighted by molar-refractivity contribution is 6.33. The lowest BCUT2D eigenvalue weighted by Crippen LogP contribution is -1.91. The molecule has 0 fully saturated rings. The minimum Gasteiger partial charge on any atom is -0.306 e. The average molecular weight is 621 g/mol. The predicted molar refractivity (Wildman–Crippen MR) is 209 cm³/mol. The maximum Gasteiger partial charge on any atom is 0.137 e. The molecule has 0 N–H and O–H groups in total. The van der Waals surface area contributed by atoms with Gasteiger partial charge in [0.15, 0.2) is 0 Å². The van der Waals surface area contributed by atoms with Crippen molar-refractivity contribution < 1.29 is 0 Å². The van der Waals surface area contributed by atoms with Crippen LogP contribution in [0.4, 0.5) is 0 Å². The summed E-state index contributed by atoms with van der Waals surface area (Å²) in [5.41, 5.74) is 5.57. The Balaban J connectivity index is 1.31. The Labute approximate surface area is 282 Å². The van der Waals surface area contributed by atoms with Crippen LogP contribution in [0.5, 0.6) is 0 Å². The van der Waals surface area contributed by atoms with Gasteiger partial charge in [-0.25, -0.2) is 4.98 Å². The van der Waals surface area contributed by atoms with Crippen LogP contribution >= 0.6 is 0 Å². The summed E-state index contributed by atoms with van der Waals surface area (Å²) in [4.78, 5) is 5.10. The van der Waals surface area contributed by atoms with Crippen LogP contribution in [0.15, 0.2) is 170 Å². The van der Waals surface area contributed by atoms with E-state index in [2.05, 4.69) is 168 Å². The molecule has 2 heterocycles. The lowest BCUT2D eigenvalue weighted by Gasteiger charge is -2.18. The van der Waals surface area contributed by atoms with E-state index < -0.39 is 0 Å². The summed E-state index contributed by atoms with van der Waals surface area (Å²) in [7, 11) is 0. The second-order valence-electron chi connectivity index (χ2n) is 13.1. The fraction of sp³-hybridized carbons (Fsp3) is 0. The normalized spacial score (nSPS) is 12.1. The van der Waals surface area contributed by atoms with Gasteiger partial charge in [0.1, 0.15) is 5.65 Å². The molecule has 0 radical (unpaired) electrons. The van der Waals surface area contributed by atoms with E-state index in [4.69, 9.17) is 4.98 Å². The van der Waals surface area contributed by atoms with Crippen molar-refractivity contribution in [3.05, 3.63) is 170 Å². The van der Waals surface area contributed by atoms with Crippen LogP contribution in [-0.2, 0) is 0 Å². The first-order chi connectivity index (χ1) is 24.3. The molecule has 0 bridgehead atoms. The van der Waals surface area contributed by atoms with Gasteiger partial charge in [-0.05, 0) is 105 Å². The quantitative estimate of drug-likeness (QED) is 0.139. The molecule has 0 atom stereocenters. The van der Waals surface area contributed by atoms with Crippen LogP contribution in [0.25, 0.3) is 103 Å². The standard InChI is InChI=1S/C47H28N2/c1-2-14-33-32(13-1)35-19-9-11-29-22-23-30-12-10-20-36(46(30)45(29)35)34-25-24-31(27-41(33)34)44-37-15-3-5-17-39(37)47(40-18-6-4-16-38(40)44)42-28-49-26-8-7-21-43(49)48-42/h1-28H. The van der Waals surface area contributed by atoms with Crippen molar-refractivity contribution in [2.24, 2.45) is 0 Å². The zero-order chi connectivity index (χ0) is 32.1. The van der Waals surface area contributed by atoms with Crippen LogP contribution in [0.1, 0.15) is 0 Å². The van der Waals surface area contributed by atoms with E-state index in [1.54, 1.807) is 0 Å². The van der Waals surface area contributed by atoms with Gasteiger partial charge in [0.2, 0.25) is 0 Å². The molecule has 0 aliphatic rings. The van der Waals surface area contributed by atoms with E-state index in [9.17, 15) is 0 Å². The molecule has 11 rings (SSSR count). The Morgan fingerprint density at radius 1 is 0.367 bits per heavy atom. The highest BCUT2D eigenvalue weighted by atomic mass is 15.0. The van der Waals surface area contributed by atoms with Gasteiger partial charge >= 0.3 is 0 Å². The van der Waals surface area contributed by atoms with Gasteiger partial charge in [0.25, 0.3) is 0 Å². The molecule has 9 aromatic carbocycles. The maximum atomic E-state index is 5.10. The fourth-order valence-electron chi connectivity index (χ4n) is 8.49. The third kappa shape index (κ3) is 3.74. The van der Waals surface area contributed by atoms with Crippen molar-refractivity contribution in [3.8, 4) is 22.4 Å². The first-order valence-corrected chi connectivity index (χ1v) is 16.9. The highest BCUT2D eigenvalue weighted by Crippen LogP contribution is 2.46. The Kier molecular flexibility index (Phi) is 5.42. The molecule has 0 saturated carbocycles. The molecule has 2 heteroatoms. The maximum absolute atomic E-state index is 5.10. The smallest absolute Gasteiger partial charge is 0.137 e. The van der Waals surface area contributed by atoms with Crippen molar-refractivity contribution in [3.63, 3.8) is 0 Å². The van der Waals surface area contributed by atoms with Crippen LogP contribution in [0.3, 0.4) is 0 Å². The molecule has 0 unspecified atom stereocenters. The summed E-state index contributed by atoms with van der Waals surface area (Å²) in [5, 5.41) is 17.7. The van der Waals surface area contributed by atoms with Crippen molar-refractivity contribution >= 4 is 81.1 Å². The van der Waals surface area contributed by atoms with Crippen LogP contribution in [-0.4, -0.2) is 9.38 Å². The highest BCUT2D eigenvalue weighted by Gasteiger charge is 2.19. The second kappa shape index (κ2) is 10.00. The van der Waals surface area contributed by atoms with Crippen molar-refractivity contribution in [2.45, 2.75) is 0 Å². The van der Waals surface area contributed by atoms with E-state index in [1.807, 2.05) is 6.07 Å². The third-order valence-electron chi connectivity index (χ3n) is 10.5. The summed E-state index contributed by atoms with van der Waals surface area (Å²) in [6.45, 7) is 0. The Morgan fingerprint density at radius 3 is 1.49 bits per heavy atom. The average Bonchev–Trinajstić information content (AvgIpc) is 3.59. The number of pyridine rings is 1. The van der Waals surface area contributed by atoms with Gasteiger partial charge in [-0.15, -0.1) is 0 Å². The third-order valence-corrected chi connectivity index (χ3v) is 10.5. The van der Waals surface area contributed by atoms with Crippen LogP contribution < -0.4 is 0 Å². The van der Waals surface area contributed by atoms with Gasteiger partial charge < -0.3 is 4.40 Å². The molecular formula is C47H28N2. The molecule has 2 aromatic heterocycles. The molecule has 11 aromatic rings. The fourth-order valence-corrected chi connectivity index (χ4v) is 8.49. The minimum atomic E-state index is 0.947. The molecule has 0 spiro atoms. The van der Waals surface area contributed by atoms with Crippen molar-refractivity contribution in [1.29, 1.82) is 0 Å². The van der Waals surface area contributed by atoms with E-state index in [0.717, 1.165) is 11.3 Å². The summed E-state index contributed by atoms with van der Waals surface area (Å²) < 4.78 is 2.11. The molecular weight excluding hydrogens is 593 g/mol. The molecule has 226 valence electrons. The first-order valence-electron chi connectivity index (χ1n) is 16.9. The number of rotatable bonds is 2. The van der Waals surface area contributed by atoms with Crippen LogP contribution in [0, 0.1) is 0 Å². The van der Waals surface area contributed by atoms with E-state index in [-0.39, 0.29) is 0 Å². The van der Waals surface area contributed by atoms with Gasteiger partial charge in [0, 0.05) is 18.0 Å². The Morgan fingerprint density at radius 2 is 0.878 bits per heavy atom. The van der Waals surface area contributed by atoms with E-state index >= 15 is 0 Å². The number of benzene rings is 8. The lowest BCUT2D eigenvalue weighted by molar-refractivity contribution is 1.19. The summed E-state index contributed by atoms with van der Waals surface area (Å²) in [6, 6.07) is 58.0. The topological polar surface area (TPSA) is 17.3 Å². The summed E-state index contributed by atoms with van der Waals surface area (Å²) in [6.07, 6.45) is 4.23. The summed E-state index contributed by atoms with van der Waals surface area (Å²) in [5.74, 6) is 0. The molecule has 0 aliphatic heterocycles. The van der Waals surface area contributed by atoms with Gasteiger partial charge in [-0.1, -0.05) is 140 Å². The number of hydrogen-bond donors (Lipinski definition) is 0. The first kappa shape index (κ1) is 26.5.